The number of nitrogens with zero attached hydrogens (tertiary/aromatic N) is 1. The lowest BCUT2D eigenvalue weighted by Crippen LogP contribution is -2.58. The molecule has 1 unspecified atom stereocenters. The van der Waals surface area contributed by atoms with Gasteiger partial charge in [-0.1, -0.05) is 136 Å². The SMILES string of the molecule is Cc1cc2c3c(c1)C1CC4=C(c5ccccc5C4(C)C)c4cccc(c41)B3n1c3c(c4cccc-2c41)C(C)(C)c1ccccc1-3. The maximum Gasteiger partial charge on any atom is 0.329 e. The van der Waals surface area contributed by atoms with E-state index in [1.54, 1.807) is 16.7 Å². The standard InChI is InChI=1S/C43H34BN/c1-23-20-30-24-14-10-16-28-38-41(26-13-7-9-18-33(26)43(38,4)5)45(40(24)28)44-35-19-11-15-27-36-25-12-6-8-17-32(25)42(2,3)34(36)22-29(37(27)35)31(21-23)39(30)44/h6-21,29H,22H2,1-5H3. The van der Waals surface area contributed by atoms with E-state index < -0.39 is 0 Å². The Balaban J connectivity index is 1.31. The molecule has 3 aliphatic carbocycles. The van der Waals surface area contributed by atoms with Crippen molar-refractivity contribution in [1.82, 2.24) is 4.48 Å². The second-order valence-corrected chi connectivity index (χ2v) is 15.3. The fourth-order valence-electron chi connectivity index (χ4n) is 10.7. The molecule has 6 aromatic rings. The molecule has 0 saturated carbocycles. The van der Waals surface area contributed by atoms with Crippen LogP contribution >= 0.6 is 0 Å². The van der Waals surface area contributed by atoms with E-state index >= 15 is 0 Å². The molecule has 5 aromatic carbocycles. The van der Waals surface area contributed by atoms with Gasteiger partial charge in [-0.25, -0.2) is 0 Å². The van der Waals surface area contributed by atoms with Gasteiger partial charge in [0.25, 0.3) is 0 Å². The van der Waals surface area contributed by atoms with Crippen molar-refractivity contribution in [3.8, 4) is 22.4 Å². The van der Waals surface area contributed by atoms with E-state index in [2.05, 4.69) is 136 Å². The van der Waals surface area contributed by atoms with Crippen LogP contribution < -0.4 is 10.9 Å². The number of hydrogen-bond acceptors (Lipinski definition) is 0. The topological polar surface area (TPSA) is 4.93 Å². The molecule has 0 fully saturated rings. The molecule has 1 atom stereocenters. The highest BCUT2D eigenvalue weighted by molar-refractivity contribution is 6.88. The lowest BCUT2D eigenvalue weighted by Gasteiger charge is -2.42. The average Bonchev–Trinajstić information content (AvgIpc) is 3.60. The molecule has 214 valence electrons. The van der Waals surface area contributed by atoms with Gasteiger partial charge in [-0.15, -0.1) is 0 Å². The minimum absolute atomic E-state index is 0.0235. The lowest BCUT2D eigenvalue weighted by molar-refractivity contribution is 0.585. The van der Waals surface area contributed by atoms with Crippen LogP contribution in [0.25, 0.3) is 38.9 Å². The number of fused-ring (bicyclic) bond motifs is 12. The van der Waals surface area contributed by atoms with E-state index in [-0.39, 0.29) is 17.7 Å². The van der Waals surface area contributed by atoms with Gasteiger partial charge in [-0.05, 0) is 74.4 Å². The fraction of sp³-hybridized carbons (Fsp3) is 0.209. The summed E-state index contributed by atoms with van der Waals surface area (Å²) in [5.41, 5.74) is 25.0. The predicted molar refractivity (Wildman–Crippen MR) is 188 cm³/mol. The van der Waals surface area contributed by atoms with Crippen molar-refractivity contribution in [2.75, 3.05) is 0 Å². The minimum Gasteiger partial charge on any atom is -0.375 e. The molecule has 2 heteroatoms. The van der Waals surface area contributed by atoms with Crippen LogP contribution in [0.2, 0.25) is 0 Å². The van der Waals surface area contributed by atoms with Gasteiger partial charge in [-0.3, -0.25) is 0 Å². The third-order valence-corrected chi connectivity index (χ3v) is 12.4. The molecular weight excluding hydrogens is 541 g/mol. The highest BCUT2D eigenvalue weighted by Crippen LogP contribution is 2.59. The van der Waals surface area contributed by atoms with Crippen molar-refractivity contribution in [3.63, 3.8) is 0 Å². The highest BCUT2D eigenvalue weighted by atomic mass is 15.0. The van der Waals surface area contributed by atoms with Crippen molar-refractivity contribution in [2.24, 2.45) is 0 Å². The molecule has 0 bridgehead atoms. The van der Waals surface area contributed by atoms with E-state index in [0.717, 1.165) is 6.42 Å². The third kappa shape index (κ3) is 2.61. The van der Waals surface area contributed by atoms with E-state index in [1.807, 2.05) is 0 Å². The second-order valence-electron chi connectivity index (χ2n) is 15.3. The monoisotopic (exact) mass is 575 g/mol. The number of para-hydroxylation sites is 1. The van der Waals surface area contributed by atoms with Crippen molar-refractivity contribution in [2.45, 2.75) is 57.8 Å². The summed E-state index contributed by atoms with van der Waals surface area (Å²) in [6, 6.07) is 37.8. The van der Waals surface area contributed by atoms with Crippen LogP contribution in [0.1, 0.15) is 84.5 Å². The normalized spacial score (nSPS) is 19.6. The summed E-state index contributed by atoms with van der Waals surface area (Å²) >= 11 is 0. The van der Waals surface area contributed by atoms with Crippen LogP contribution in [0, 0.1) is 6.92 Å². The van der Waals surface area contributed by atoms with Crippen LogP contribution in [0.3, 0.4) is 0 Å². The molecule has 0 saturated heterocycles. The van der Waals surface area contributed by atoms with Gasteiger partial charge in [0.05, 0.1) is 0 Å². The Morgan fingerprint density at radius 2 is 1.38 bits per heavy atom. The molecule has 3 heterocycles. The second kappa shape index (κ2) is 7.62. The first-order chi connectivity index (χ1) is 21.8. The van der Waals surface area contributed by atoms with Gasteiger partial charge >= 0.3 is 6.85 Å². The van der Waals surface area contributed by atoms with Gasteiger partial charge in [0.2, 0.25) is 0 Å². The zero-order valence-corrected chi connectivity index (χ0v) is 26.5. The molecule has 1 nitrogen and oxygen atoms in total. The molecule has 0 radical (unpaired) electrons. The maximum absolute atomic E-state index is 2.79. The van der Waals surface area contributed by atoms with Gasteiger partial charge in [-0.2, -0.15) is 0 Å². The van der Waals surface area contributed by atoms with E-state index in [9.17, 15) is 0 Å². The Morgan fingerprint density at radius 1 is 0.689 bits per heavy atom. The number of benzene rings is 5. The Kier molecular flexibility index (Phi) is 4.19. The fourth-order valence-corrected chi connectivity index (χ4v) is 10.7. The summed E-state index contributed by atoms with van der Waals surface area (Å²) in [7, 11) is 0. The van der Waals surface area contributed by atoms with Crippen LogP contribution in [-0.2, 0) is 10.8 Å². The van der Waals surface area contributed by atoms with Crippen molar-refractivity contribution in [1.29, 1.82) is 0 Å². The largest absolute Gasteiger partial charge is 0.375 e. The minimum atomic E-state index is -0.0600. The highest BCUT2D eigenvalue weighted by Gasteiger charge is 2.51. The summed E-state index contributed by atoms with van der Waals surface area (Å²) < 4.78 is 2.79. The summed E-state index contributed by atoms with van der Waals surface area (Å²) in [5, 5.41) is 1.42. The van der Waals surface area contributed by atoms with E-state index in [1.165, 1.54) is 83.2 Å². The molecule has 11 rings (SSSR count). The van der Waals surface area contributed by atoms with Gasteiger partial charge < -0.3 is 4.48 Å². The van der Waals surface area contributed by atoms with Crippen molar-refractivity contribution >= 4 is 34.2 Å². The first kappa shape index (κ1) is 24.7. The van der Waals surface area contributed by atoms with Gasteiger partial charge in [0.1, 0.15) is 0 Å². The van der Waals surface area contributed by atoms with Crippen LogP contribution in [-0.4, -0.2) is 11.3 Å². The van der Waals surface area contributed by atoms with Crippen molar-refractivity contribution in [3.05, 3.63) is 147 Å². The summed E-state index contributed by atoms with van der Waals surface area (Å²) in [6.45, 7) is 12.2. The molecule has 2 aliphatic heterocycles. The number of hydrogen-bond donors (Lipinski definition) is 0. The van der Waals surface area contributed by atoms with Gasteiger partial charge in [0.15, 0.2) is 0 Å². The molecule has 0 amide bonds. The summed E-state index contributed by atoms with van der Waals surface area (Å²) in [4.78, 5) is 0. The lowest BCUT2D eigenvalue weighted by atomic mass is 9.40. The predicted octanol–water partition coefficient (Wildman–Crippen LogP) is 8.83. The zero-order valence-electron chi connectivity index (χ0n) is 26.5. The number of aromatic nitrogens is 1. The molecule has 5 aliphatic rings. The number of rotatable bonds is 0. The average molecular weight is 576 g/mol. The Bertz CT molecular complexity index is 2430. The molecule has 0 N–H and O–H groups in total. The molecule has 45 heavy (non-hydrogen) atoms. The Morgan fingerprint density at radius 3 is 2.20 bits per heavy atom. The third-order valence-electron chi connectivity index (χ3n) is 12.4. The molecule has 1 aromatic heterocycles. The van der Waals surface area contributed by atoms with Crippen LogP contribution in [0.4, 0.5) is 0 Å². The summed E-state index contributed by atoms with van der Waals surface area (Å²) in [6.07, 6.45) is 1.08. The maximum atomic E-state index is 2.79. The smallest absolute Gasteiger partial charge is 0.329 e. The van der Waals surface area contributed by atoms with E-state index in [4.69, 9.17) is 0 Å². The summed E-state index contributed by atoms with van der Waals surface area (Å²) in [5.74, 6) is 0.363. The molecular formula is C43H34BN. The molecule has 0 spiro atoms. The number of aryl methyl sites for hydroxylation is 1. The number of allylic oxidation sites excluding steroid dienone is 1. The Hall–Kier alpha value is -4.56. The van der Waals surface area contributed by atoms with Crippen LogP contribution in [0.15, 0.2) is 103 Å². The first-order valence-electron chi connectivity index (χ1n) is 16.7. The van der Waals surface area contributed by atoms with E-state index in [0.29, 0.717) is 5.92 Å². The van der Waals surface area contributed by atoms with Crippen molar-refractivity contribution < 1.29 is 0 Å². The zero-order chi connectivity index (χ0) is 30.1. The van der Waals surface area contributed by atoms with Gasteiger partial charge in [0, 0.05) is 44.5 Å². The first-order valence-corrected chi connectivity index (χ1v) is 16.7. The quantitative estimate of drug-likeness (QED) is 0.159. The Labute approximate surface area is 265 Å². The van der Waals surface area contributed by atoms with Crippen LogP contribution in [0.5, 0.6) is 0 Å².